The lowest BCUT2D eigenvalue weighted by Crippen LogP contribution is -2.50. The van der Waals surface area contributed by atoms with Gasteiger partial charge in [0.15, 0.2) is 0 Å². The second-order valence-electron chi connectivity index (χ2n) is 7.30. The van der Waals surface area contributed by atoms with Crippen molar-refractivity contribution in [3.8, 4) is 0 Å². The molecule has 0 radical (unpaired) electrons. The third-order valence-electron chi connectivity index (χ3n) is 4.94. The van der Waals surface area contributed by atoms with Crippen LogP contribution < -0.4 is 0 Å². The van der Waals surface area contributed by atoms with Gasteiger partial charge in [-0.25, -0.2) is 0 Å². The predicted octanol–water partition coefficient (Wildman–Crippen LogP) is 6.77. The van der Waals surface area contributed by atoms with Gasteiger partial charge in [-0.2, -0.15) is 0 Å². The summed E-state index contributed by atoms with van der Waals surface area (Å²) in [4.78, 5) is 8.81. The van der Waals surface area contributed by atoms with Crippen molar-refractivity contribution in [2.24, 2.45) is 0 Å². The molecule has 2 heteroatoms. The minimum atomic E-state index is 0.750. The number of carbonyl (C=O) groups excluding carboxylic acids is 1. The highest BCUT2D eigenvalue weighted by Crippen LogP contribution is 2.18. The van der Waals surface area contributed by atoms with Gasteiger partial charge in [-0.1, -0.05) is 53.4 Å². The zero-order valence-corrected chi connectivity index (χ0v) is 17.7. The van der Waals surface area contributed by atoms with Crippen LogP contribution >= 0.6 is 0 Å². The van der Waals surface area contributed by atoms with E-state index >= 15 is 0 Å². The van der Waals surface area contributed by atoms with Gasteiger partial charge >= 0.3 is 0 Å². The van der Waals surface area contributed by atoms with E-state index < -0.39 is 0 Å². The molecule has 0 saturated carbocycles. The molecule has 2 nitrogen and oxygen atoms in total. The normalized spacial score (nSPS) is 11.0. The van der Waals surface area contributed by atoms with Crippen LogP contribution in [0, 0.1) is 0 Å². The van der Waals surface area contributed by atoms with Crippen molar-refractivity contribution in [3.05, 3.63) is 0 Å². The van der Waals surface area contributed by atoms with Gasteiger partial charge < -0.3 is 9.28 Å². The fraction of sp³-hybridized carbons (Fsp3) is 0.955. The molecule has 0 aliphatic heterocycles. The Bertz CT molecular complexity index is 195. The number of unbranched alkanes of at least 4 members (excludes halogenated alkanes) is 8. The van der Waals surface area contributed by atoms with Crippen LogP contribution in [0.4, 0.5) is 0 Å². The van der Waals surface area contributed by atoms with E-state index in [2.05, 4.69) is 27.7 Å². The van der Waals surface area contributed by atoms with Gasteiger partial charge in [0, 0.05) is 0 Å². The van der Waals surface area contributed by atoms with E-state index in [9.17, 15) is 0 Å². The molecule has 0 fully saturated rings. The minimum absolute atomic E-state index is 0.750. The standard InChI is InChI=1S/C20H44N.C2H4O/c1-5-9-13-17-21(18-14-10-6-2,19-15-11-7-3)20-16-12-8-4;1-2-3/h5-20H2,1-4H3;2H,1H3/q+1;. The van der Waals surface area contributed by atoms with Crippen molar-refractivity contribution in [2.75, 3.05) is 26.2 Å². The van der Waals surface area contributed by atoms with Gasteiger partial charge in [0.1, 0.15) is 6.29 Å². The third kappa shape index (κ3) is 16.5. The summed E-state index contributed by atoms with van der Waals surface area (Å²) in [6.07, 6.45) is 17.7. The summed E-state index contributed by atoms with van der Waals surface area (Å²) in [5.41, 5.74) is 0. The molecule has 0 spiro atoms. The molecule has 0 rings (SSSR count). The van der Waals surface area contributed by atoms with E-state index in [0.29, 0.717) is 0 Å². The molecule has 0 heterocycles. The van der Waals surface area contributed by atoms with Gasteiger partial charge in [0.25, 0.3) is 0 Å². The first kappa shape index (κ1) is 25.9. The van der Waals surface area contributed by atoms with E-state index in [1.165, 1.54) is 115 Å². The van der Waals surface area contributed by atoms with Crippen LogP contribution in [0.1, 0.15) is 112 Å². The van der Waals surface area contributed by atoms with Crippen LogP contribution in [-0.2, 0) is 4.79 Å². The maximum atomic E-state index is 8.81. The number of rotatable bonds is 16. The summed E-state index contributed by atoms with van der Waals surface area (Å²) >= 11 is 0. The minimum Gasteiger partial charge on any atom is -0.324 e. The Kier molecular flexibility index (Phi) is 22.3. The fourth-order valence-corrected chi connectivity index (χ4v) is 3.46. The topological polar surface area (TPSA) is 17.1 Å². The summed E-state index contributed by atoms with van der Waals surface area (Å²) in [6, 6.07) is 0. The highest BCUT2D eigenvalue weighted by Gasteiger charge is 2.25. The molecule has 0 atom stereocenters. The number of nitrogens with zero attached hydrogens (tertiary/aromatic N) is 1. The molecule has 0 N–H and O–H groups in total. The van der Waals surface area contributed by atoms with Crippen LogP contribution in [0.3, 0.4) is 0 Å². The smallest absolute Gasteiger partial charge is 0.116 e. The summed E-state index contributed by atoms with van der Waals surface area (Å²) in [5, 5.41) is 0. The number of aldehydes is 1. The number of carbonyl (C=O) groups is 1. The lowest BCUT2D eigenvalue weighted by molar-refractivity contribution is -0.929. The van der Waals surface area contributed by atoms with Crippen molar-refractivity contribution in [1.82, 2.24) is 0 Å². The number of hydrogen-bond acceptors (Lipinski definition) is 1. The van der Waals surface area contributed by atoms with Crippen LogP contribution in [0.2, 0.25) is 0 Å². The molecule has 0 unspecified atom stereocenters. The second-order valence-corrected chi connectivity index (χ2v) is 7.30. The fourth-order valence-electron chi connectivity index (χ4n) is 3.46. The van der Waals surface area contributed by atoms with Gasteiger partial charge in [0.2, 0.25) is 0 Å². The monoisotopic (exact) mass is 342 g/mol. The molecule has 0 bridgehead atoms. The van der Waals surface area contributed by atoms with Crippen molar-refractivity contribution in [2.45, 2.75) is 112 Å². The quantitative estimate of drug-likeness (QED) is 0.172. The summed E-state index contributed by atoms with van der Waals surface area (Å²) in [7, 11) is 0. The van der Waals surface area contributed by atoms with Crippen LogP contribution in [0.15, 0.2) is 0 Å². The van der Waals surface area contributed by atoms with Gasteiger partial charge in [-0.15, -0.1) is 0 Å². The summed E-state index contributed by atoms with van der Waals surface area (Å²) < 4.78 is 1.44. The first-order valence-corrected chi connectivity index (χ1v) is 10.9. The molecule has 146 valence electrons. The average Bonchev–Trinajstić information content (AvgIpc) is 2.56. The lowest BCUT2D eigenvalue weighted by Gasteiger charge is -2.39. The number of quaternary nitrogens is 1. The Hall–Kier alpha value is -0.370. The Labute approximate surface area is 154 Å². The largest absolute Gasteiger partial charge is 0.324 e. The first-order valence-electron chi connectivity index (χ1n) is 10.9. The molecule has 0 aliphatic carbocycles. The van der Waals surface area contributed by atoms with Gasteiger partial charge in [-0.05, 0) is 58.3 Å². The molecule has 0 aromatic rings. The van der Waals surface area contributed by atoms with Crippen molar-refractivity contribution in [3.63, 3.8) is 0 Å². The molecule has 0 saturated heterocycles. The van der Waals surface area contributed by atoms with Crippen LogP contribution in [0.25, 0.3) is 0 Å². The zero-order chi connectivity index (χ0) is 18.5. The third-order valence-corrected chi connectivity index (χ3v) is 4.94. The highest BCUT2D eigenvalue weighted by atomic mass is 16.1. The van der Waals surface area contributed by atoms with E-state index in [1.54, 1.807) is 0 Å². The Morgan fingerprint density at radius 2 is 0.750 bits per heavy atom. The van der Waals surface area contributed by atoms with Crippen molar-refractivity contribution in [1.29, 1.82) is 0 Å². The van der Waals surface area contributed by atoms with Gasteiger partial charge in [0.05, 0.1) is 26.2 Å². The van der Waals surface area contributed by atoms with E-state index in [1.807, 2.05) is 0 Å². The van der Waals surface area contributed by atoms with E-state index in [0.717, 1.165) is 6.29 Å². The predicted molar refractivity (Wildman–Crippen MR) is 110 cm³/mol. The van der Waals surface area contributed by atoms with E-state index in [-0.39, 0.29) is 0 Å². The maximum absolute atomic E-state index is 8.81. The molecule has 0 amide bonds. The van der Waals surface area contributed by atoms with Crippen molar-refractivity contribution >= 4 is 6.29 Å². The Morgan fingerprint density at radius 3 is 0.917 bits per heavy atom. The van der Waals surface area contributed by atoms with Crippen LogP contribution in [-0.4, -0.2) is 36.9 Å². The molecular formula is C22H48NO+. The molecule has 24 heavy (non-hydrogen) atoms. The second kappa shape index (κ2) is 20.7. The van der Waals surface area contributed by atoms with Crippen molar-refractivity contribution < 1.29 is 9.28 Å². The van der Waals surface area contributed by atoms with Crippen LogP contribution in [0.5, 0.6) is 0 Å². The molecule has 0 aliphatic rings. The van der Waals surface area contributed by atoms with E-state index in [4.69, 9.17) is 4.79 Å². The Morgan fingerprint density at radius 1 is 0.542 bits per heavy atom. The summed E-state index contributed by atoms with van der Waals surface area (Å²) in [5.74, 6) is 0. The lowest BCUT2D eigenvalue weighted by atomic mass is 10.1. The van der Waals surface area contributed by atoms with Gasteiger partial charge in [-0.3, -0.25) is 0 Å². The molecule has 0 aromatic carbocycles. The Balaban J connectivity index is 0. The summed E-state index contributed by atoms with van der Waals surface area (Å²) in [6.45, 7) is 16.6. The SMILES string of the molecule is CC=O.CCCCC[N+](CCCCC)(CCCCC)CCCCC. The number of hydrogen-bond donors (Lipinski definition) is 0. The first-order chi connectivity index (χ1) is 11.7. The highest BCUT2D eigenvalue weighted by molar-refractivity contribution is 5.44. The molecule has 0 aromatic heterocycles. The average molecular weight is 343 g/mol. The molecular weight excluding hydrogens is 294 g/mol. The zero-order valence-electron chi connectivity index (χ0n) is 17.7. The maximum Gasteiger partial charge on any atom is 0.116 e.